The van der Waals surface area contributed by atoms with Crippen LogP contribution in [0.4, 0.5) is 0 Å². The molecule has 0 saturated carbocycles. The molecule has 1 aromatic carbocycles. The van der Waals surface area contributed by atoms with Gasteiger partial charge in [-0.25, -0.2) is 0 Å². The highest BCUT2D eigenvalue weighted by Gasteiger charge is 2.27. The number of morpholine rings is 1. The lowest BCUT2D eigenvalue weighted by Crippen LogP contribution is -2.43. The molecular weight excluding hydrogens is 451 g/mol. The van der Waals surface area contributed by atoms with Gasteiger partial charge in [0, 0.05) is 46.3 Å². The Morgan fingerprint density at radius 3 is 2.78 bits per heavy atom. The molecular formula is C21H35IN4O. The largest absolute Gasteiger partial charge is 0.379 e. The minimum atomic E-state index is 0. The summed E-state index contributed by atoms with van der Waals surface area (Å²) in [6, 6.07) is 8.80. The Labute approximate surface area is 181 Å². The lowest BCUT2D eigenvalue weighted by atomic mass is 9.99. The molecule has 0 amide bonds. The summed E-state index contributed by atoms with van der Waals surface area (Å²) in [6.07, 6.45) is 1.26. The normalized spacial score (nSPS) is 22.4. The van der Waals surface area contributed by atoms with Crippen molar-refractivity contribution in [3.8, 4) is 0 Å². The number of rotatable bonds is 5. The van der Waals surface area contributed by atoms with Gasteiger partial charge in [0.05, 0.1) is 13.2 Å². The molecule has 2 atom stereocenters. The van der Waals surface area contributed by atoms with Crippen LogP contribution in [0, 0.1) is 12.8 Å². The van der Waals surface area contributed by atoms with Gasteiger partial charge in [0.2, 0.25) is 0 Å². The van der Waals surface area contributed by atoms with Crippen molar-refractivity contribution in [3.05, 3.63) is 35.4 Å². The van der Waals surface area contributed by atoms with E-state index >= 15 is 0 Å². The fourth-order valence-electron chi connectivity index (χ4n) is 3.99. The summed E-state index contributed by atoms with van der Waals surface area (Å²) in [7, 11) is 1.90. The van der Waals surface area contributed by atoms with Gasteiger partial charge in [-0.2, -0.15) is 0 Å². The van der Waals surface area contributed by atoms with Gasteiger partial charge < -0.3 is 15.0 Å². The van der Waals surface area contributed by atoms with Crippen molar-refractivity contribution >= 4 is 29.9 Å². The number of hydrogen-bond donors (Lipinski definition) is 1. The number of nitrogens with one attached hydrogen (secondary N) is 1. The number of nitrogens with zero attached hydrogens (tertiary/aromatic N) is 3. The molecule has 27 heavy (non-hydrogen) atoms. The molecule has 0 bridgehead atoms. The molecule has 0 aliphatic carbocycles. The first kappa shape index (κ1) is 22.4. The number of benzene rings is 1. The number of guanidine groups is 1. The van der Waals surface area contributed by atoms with E-state index in [9.17, 15) is 0 Å². The Bertz CT molecular complexity index is 604. The maximum absolute atomic E-state index is 5.46. The third-order valence-corrected chi connectivity index (χ3v) is 5.59. The van der Waals surface area contributed by atoms with E-state index in [0.29, 0.717) is 5.92 Å². The van der Waals surface area contributed by atoms with Crippen molar-refractivity contribution in [3.63, 3.8) is 0 Å². The third kappa shape index (κ3) is 6.61. The SMILES string of the molecule is CN=C(NCC(C)c1cccc(C)c1)N1CCC(CN2CCOCC2)C1.I. The van der Waals surface area contributed by atoms with Crippen LogP contribution in [0.1, 0.15) is 30.4 Å². The van der Waals surface area contributed by atoms with Gasteiger partial charge in [0.1, 0.15) is 0 Å². The van der Waals surface area contributed by atoms with Crippen molar-refractivity contribution in [2.45, 2.75) is 26.2 Å². The average molecular weight is 486 g/mol. The molecule has 2 saturated heterocycles. The van der Waals surface area contributed by atoms with E-state index in [1.165, 1.54) is 24.1 Å². The van der Waals surface area contributed by atoms with Crippen molar-refractivity contribution < 1.29 is 4.74 Å². The Balaban J connectivity index is 0.00000261. The second-order valence-electron chi connectivity index (χ2n) is 7.76. The molecule has 2 aliphatic rings. The van der Waals surface area contributed by atoms with E-state index in [1.807, 2.05) is 7.05 Å². The van der Waals surface area contributed by atoms with Crippen LogP contribution in [0.15, 0.2) is 29.3 Å². The Morgan fingerprint density at radius 2 is 2.07 bits per heavy atom. The smallest absolute Gasteiger partial charge is 0.193 e. The first-order valence-corrected chi connectivity index (χ1v) is 9.98. The maximum Gasteiger partial charge on any atom is 0.193 e. The molecule has 0 aromatic heterocycles. The fraction of sp³-hybridized carbons (Fsp3) is 0.667. The number of ether oxygens (including phenoxy) is 1. The zero-order chi connectivity index (χ0) is 18.4. The molecule has 2 fully saturated rings. The quantitative estimate of drug-likeness (QED) is 0.395. The molecule has 152 valence electrons. The Kier molecular flexibility index (Phi) is 9.32. The number of hydrogen-bond acceptors (Lipinski definition) is 3. The molecule has 2 aliphatic heterocycles. The van der Waals surface area contributed by atoms with E-state index in [2.05, 4.69) is 58.2 Å². The standard InChI is InChI=1S/C21H34N4O.HI/c1-17-5-4-6-20(13-17)18(2)14-23-21(22-3)25-8-7-19(16-25)15-24-9-11-26-12-10-24;/h4-6,13,18-19H,7-12,14-16H2,1-3H3,(H,22,23);1H. The molecule has 2 unspecified atom stereocenters. The highest BCUT2D eigenvalue weighted by Crippen LogP contribution is 2.19. The highest BCUT2D eigenvalue weighted by atomic mass is 127. The first-order chi connectivity index (χ1) is 12.7. The van der Waals surface area contributed by atoms with Crippen LogP contribution in [0.25, 0.3) is 0 Å². The van der Waals surface area contributed by atoms with Crippen LogP contribution in [0.5, 0.6) is 0 Å². The van der Waals surface area contributed by atoms with Crippen LogP contribution in [-0.4, -0.2) is 75.3 Å². The predicted molar refractivity (Wildman–Crippen MR) is 123 cm³/mol. The van der Waals surface area contributed by atoms with E-state index in [1.54, 1.807) is 0 Å². The molecule has 3 rings (SSSR count). The van der Waals surface area contributed by atoms with E-state index in [4.69, 9.17) is 4.74 Å². The van der Waals surface area contributed by atoms with Crippen LogP contribution >= 0.6 is 24.0 Å². The summed E-state index contributed by atoms with van der Waals surface area (Å²) in [4.78, 5) is 9.51. The maximum atomic E-state index is 5.46. The molecule has 0 radical (unpaired) electrons. The minimum absolute atomic E-state index is 0. The van der Waals surface area contributed by atoms with Crippen LogP contribution in [-0.2, 0) is 4.74 Å². The van der Waals surface area contributed by atoms with Gasteiger partial charge in [-0.15, -0.1) is 24.0 Å². The molecule has 1 N–H and O–H groups in total. The highest BCUT2D eigenvalue weighted by molar-refractivity contribution is 14.0. The molecule has 0 spiro atoms. The summed E-state index contributed by atoms with van der Waals surface area (Å²) in [5, 5.41) is 3.60. The zero-order valence-corrected chi connectivity index (χ0v) is 19.3. The van der Waals surface area contributed by atoms with Crippen molar-refractivity contribution in [2.24, 2.45) is 10.9 Å². The third-order valence-electron chi connectivity index (χ3n) is 5.59. The van der Waals surface area contributed by atoms with E-state index in [-0.39, 0.29) is 24.0 Å². The van der Waals surface area contributed by atoms with Gasteiger partial charge in [-0.05, 0) is 30.7 Å². The fourth-order valence-corrected chi connectivity index (χ4v) is 3.99. The van der Waals surface area contributed by atoms with Crippen molar-refractivity contribution in [1.29, 1.82) is 0 Å². The summed E-state index contributed by atoms with van der Waals surface area (Å²) < 4.78 is 5.46. The second kappa shape index (κ2) is 11.2. The number of aliphatic imine (C=N–C) groups is 1. The number of halogens is 1. The van der Waals surface area contributed by atoms with Crippen LogP contribution < -0.4 is 5.32 Å². The van der Waals surface area contributed by atoms with Gasteiger partial charge in [-0.3, -0.25) is 9.89 Å². The number of likely N-dealkylation sites (tertiary alicyclic amines) is 1. The van der Waals surface area contributed by atoms with E-state index in [0.717, 1.165) is 57.8 Å². The lowest BCUT2D eigenvalue weighted by molar-refractivity contribution is 0.0315. The Hall–Kier alpha value is -0.860. The van der Waals surface area contributed by atoms with Crippen LogP contribution in [0.2, 0.25) is 0 Å². The summed E-state index contributed by atoms with van der Waals surface area (Å²) in [5.41, 5.74) is 2.71. The predicted octanol–water partition coefficient (Wildman–Crippen LogP) is 2.95. The molecule has 2 heterocycles. The van der Waals surface area contributed by atoms with Gasteiger partial charge in [-0.1, -0.05) is 36.8 Å². The summed E-state index contributed by atoms with van der Waals surface area (Å²) >= 11 is 0. The van der Waals surface area contributed by atoms with Crippen LogP contribution in [0.3, 0.4) is 0 Å². The monoisotopic (exact) mass is 486 g/mol. The molecule has 5 nitrogen and oxygen atoms in total. The lowest BCUT2D eigenvalue weighted by Gasteiger charge is -2.29. The van der Waals surface area contributed by atoms with Gasteiger partial charge >= 0.3 is 0 Å². The van der Waals surface area contributed by atoms with E-state index < -0.39 is 0 Å². The first-order valence-electron chi connectivity index (χ1n) is 9.98. The molecule has 1 aromatic rings. The number of aryl methyl sites for hydroxylation is 1. The average Bonchev–Trinajstić information content (AvgIpc) is 3.11. The topological polar surface area (TPSA) is 40.1 Å². The molecule has 6 heteroatoms. The van der Waals surface area contributed by atoms with Crippen molar-refractivity contribution in [2.75, 3.05) is 59.5 Å². The van der Waals surface area contributed by atoms with Gasteiger partial charge in [0.25, 0.3) is 0 Å². The van der Waals surface area contributed by atoms with Crippen molar-refractivity contribution in [1.82, 2.24) is 15.1 Å². The summed E-state index contributed by atoms with van der Waals surface area (Å²) in [6.45, 7) is 12.7. The summed E-state index contributed by atoms with van der Waals surface area (Å²) in [5.74, 6) is 2.26. The zero-order valence-electron chi connectivity index (χ0n) is 17.0. The minimum Gasteiger partial charge on any atom is -0.379 e. The Morgan fingerprint density at radius 1 is 1.30 bits per heavy atom. The van der Waals surface area contributed by atoms with Gasteiger partial charge in [0.15, 0.2) is 5.96 Å². The second-order valence-corrected chi connectivity index (χ2v) is 7.76.